The van der Waals surface area contributed by atoms with Crippen LogP contribution in [0.3, 0.4) is 0 Å². The number of nitrogen functional groups attached to an aromatic ring is 2. The average molecular weight is 769 g/mol. The number of aromatic amines is 2. The Balaban J connectivity index is 1.16. The van der Waals surface area contributed by atoms with Crippen LogP contribution in [0.1, 0.15) is 77.1 Å². The highest BCUT2D eigenvalue weighted by Gasteiger charge is 2.39. The van der Waals surface area contributed by atoms with Gasteiger partial charge in [-0.1, -0.05) is 58.0 Å². The highest BCUT2D eigenvalue weighted by Crippen LogP contribution is 2.39. The normalized spacial score (nSPS) is 17.9. The number of hydrogen-bond acceptors (Lipinski definition) is 10. The van der Waals surface area contributed by atoms with Gasteiger partial charge in [0.2, 0.25) is 11.8 Å². The van der Waals surface area contributed by atoms with E-state index in [9.17, 15) is 19.2 Å². The number of aromatic nitrogens is 4. The van der Waals surface area contributed by atoms with Crippen molar-refractivity contribution in [2.24, 2.45) is 11.8 Å². The van der Waals surface area contributed by atoms with Crippen LogP contribution in [0.25, 0.3) is 33.6 Å². The Morgan fingerprint density at radius 3 is 1.59 bits per heavy atom. The molecule has 16 nitrogen and oxygen atoms in total. The monoisotopic (exact) mass is 768 g/mol. The zero-order valence-corrected chi connectivity index (χ0v) is 32.7. The van der Waals surface area contributed by atoms with Crippen LogP contribution in [0.4, 0.5) is 21.0 Å². The van der Waals surface area contributed by atoms with Crippen molar-refractivity contribution in [2.75, 3.05) is 38.8 Å². The van der Waals surface area contributed by atoms with E-state index in [-0.39, 0.29) is 35.7 Å². The molecule has 0 radical (unpaired) electrons. The Bertz CT molecular complexity index is 2060. The van der Waals surface area contributed by atoms with Gasteiger partial charge in [-0.15, -0.1) is 0 Å². The van der Waals surface area contributed by atoms with Crippen molar-refractivity contribution < 1.29 is 28.7 Å². The van der Waals surface area contributed by atoms with Crippen LogP contribution < -0.4 is 22.1 Å². The minimum Gasteiger partial charge on any atom is -0.453 e. The summed E-state index contributed by atoms with van der Waals surface area (Å²) in [6.07, 6.45) is 5.42. The predicted molar refractivity (Wildman–Crippen MR) is 212 cm³/mol. The van der Waals surface area contributed by atoms with Crippen LogP contribution in [0.5, 0.6) is 0 Å². The maximum atomic E-state index is 13.6. The van der Waals surface area contributed by atoms with Crippen molar-refractivity contribution in [3.8, 4) is 33.6 Å². The molecule has 4 aromatic rings. The summed E-state index contributed by atoms with van der Waals surface area (Å²) in [5.41, 5.74) is 18.6. The SMILES string of the molecule is COC(=O)N[C@H](C(=O)N1CCC[C@H]1c1nc(-c2ccc(-c3ccc(-c4c[nH]c([C@@H]5CCCN5C(=O)[C@@H](NC(=O)OC)C(C)C)n4)c(N)c3N)cc2)c[nH]1)C(C)C. The molecule has 0 aliphatic carbocycles. The lowest BCUT2D eigenvalue weighted by Gasteiger charge is -2.30. The number of likely N-dealkylation sites (tertiary alicyclic amines) is 2. The number of amides is 4. The number of anilines is 2. The first-order chi connectivity index (χ1) is 26.8. The number of nitrogens with two attached hydrogens (primary N) is 2. The third-order valence-electron chi connectivity index (χ3n) is 10.7. The van der Waals surface area contributed by atoms with Gasteiger partial charge in [-0.2, -0.15) is 0 Å². The lowest BCUT2D eigenvalue weighted by molar-refractivity contribution is -0.136. The number of H-pyrrole nitrogens is 2. The molecule has 6 rings (SSSR count). The summed E-state index contributed by atoms with van der Waals surface area (Å²) in [5.74, 6) is 0.711. The topological polar surface area (TPSA) is 227 Å². The van der Waals surface area contributed by atoms with Gasteiger partial charge < -0.3 is 51.3 Å². The van der Waals surface area contributed by atoms with E-state index in [2.05, 4.69) is 20.6 Å². The number of carbonyl (C=O) groups is 4. The standard InChI is InChI=1S/C40H52N10O6/c1-21(2)33(47-39(53)55-5)37(51)49-17-7-9-29(49)35-43-19-27(45-35)24-13-11-23(12-14-24)25-15-16-26(32(42)31(25)41)28-20-44-36(46-28)30-10-8-18-50(30)38(52)34(22(3)4)48-40(54)56-6/h11-16,19-22,29-30,33-34H,7-10,17-18,41-42H2,1-6H3,(H,43,45)(H,44,46)(H,47,53)(H,48,54)/t29-,30-,33-,34-/m0/s1. The molecule has 0 saturated carbocycles. The van der Waals surface area contributed by atoms with Gasteiger partial charge in [0.25, 0.3) is 0 Å². The molecule has 8 N–H and O–H groups in total. The van der Waals surface area contributed by atoms with Crippen molar-refractivity contribution in [2.45, 2.75) is 77.5 Å². The number of carbonyl (C=O) groups excluding carboxylic acids is 4. The number of ether oxygens (including phenoxy) is 2. The summed E-state index contributed by atoms with van der Waals surface area (Å²) in [5, 5.41) is 5.36. The lowest BCUT2D eigenvalue weighted by Crippen LogP contribution is -2.51. The summed E-state index contributed by atoms with van der Waals surface area (Å²) in [4.78, 5) is 70.8. The fourth-order valence-corrected chi connectivity index (χ4v) is 7.62. The fourth-order valence-electron chi connectivity index (χ4n) is 7.62. The molecule has 4 atom stereocenters. The summed E-state index contributed by atoms with van der Waals surface area (Å²) >= 11 is 0. The summed E-state index contributed by atoms with van der Waals surface area (Å²) < 4.78 is 9.50. The molecule has 2 saturated heterocycles. The predicted octanol–water partition coefficient (Wildman–Crippen LogP) is 5.39. The molecule has 0 unspecified atom stereocenters. The number of hydrogen-bond donors (Lipinski definition) is 6. The zero-order valence-electron chi connectivity index (χ0n) is 32.7. The van der Waals surface area contributed by atoms with Crippen LogP contribution >= 0.6 is 0 Å². The second-order valence-corrected chi connectivity index (χ2v) is 15.0. The van der Waals surface area contributed by atoms with E-state index in [1.165, 1.54) is 14.2 Å². The average Bonchev–Trinajstić information content (AvgIpc) is 4.03. The van der Waals surface area contributed by atoms with E-state index in [4.69, 9.17) is 30.9 Å². The van der Waals surface area contributed by atoms with Gasteiger partial charge in [-0.25, -0.2) is 19.6 Å². The molecule has 56 heavy (non-hydrogen) atoms. The Kier molecular flexibility index (Phi) is 11.9. The third kappa shape index (κ3) is 8.00. The molecule has 0 spiro atoms. The first-order valence-electron chi connectivity index (χ1n) is 19.0. The molecule has 0 bridgehead atoms. The second kappa shape index (κ2) is 16.8. The summed E-state index contributed by atoms with van der Waals surface area (Å²) in [6, 6.07) is 9.69. The molecule has 2 aromatic carbocycles. The number of nitrogens with zero attached hydrogens (tertiary/aromatic N) is 4. The van der Waals surface area contributed by atoms with Gasteiger partial charge in [0.05, 0.1) is 49.1 Å². The number of benzene rings is 2. The van der Waals surface area contributed by atoms with Crippen LogP contribution in [-0.4, -0.2) is 93.1 Å². The summed E-state index contributed by atoms with van der Waals surface area (Å²) in [7, 11) is 2.55. The van der Waals surface area contributed by atoms with Gasteiger partial charge in [-0.05, 0) is 49.1 Å². The van der Waals surface area contributed by atoms with Crippen LogP contribution in [0.15, 0.2) is 48.8 Å². The second-order valence-electron chi connectivity index (χ2n) is 15.0. The van der Waals surface area contributed by atoms with Crippen LogP contribution in [0.2, 0.25) is 0 Å². The van der Waals surface area contributed by atoms with Crippen molar-refractivity contribution >= 4 is 35.4 Å². The molecule has 2 aromatic heterocycles. The Morgan fingerprint density at radius 1 is 0.679 bits per heavy atom. The maximum Gasteiger partial charge on any atom is 0.407 e. The van der Waals surface area contributed by atoms with Gasteiger partial charge in [0.1, 0.15) is 23.7 Å². The van der Waals surface area contributed by atoms with E-state index >= 15 is 0 Å². The van der Waals surface area contributed by atoms with Gasteiger partial charge in [0, 0.05) is 42.2 Å². The number of methoxy groups -OCH3 is 2. The third-order valence-corrected chi connectivity index (χ3v) is 10.7. The Morgan fingerprint density at radius 2 is 1.11 bits per heavy atom. The van der Waals surface area contributed by atoms with Gasteiger partial charge >= 0.3 is 12.2 Å². The van der Waals surface area contributed by atoms with Crippen molar-refractivity contribution in [3.05, 3.63) is 60.4 Å². The molecule has 4 amide bonds. The van der Waals surface area contributed by atoms with Crippen molar-refractivity contribution in [1.82, 2.24) is 40.4 Å². The highest BCUT2D eigenvalue weighted by atomic mass is 16.5. The number of alkyl carbamates (subject to hydrolysis) is 2. The molecule has 2 fully saturated rings. The molecular formula is C40H52N10O6. The smallest absolute Gasteiger partial charge is 0.407 e. The number of rotatable bonds is 11. The number of nitrogens with one attached hydrogen (secondary N) is 4. The molecule has 16 heteroatoms. The largest absolute Gasteiger partial charge is 0.453 e. The van der Waals surface area contributed by atoms with E-state index in [1.54, 1.807) is 16.0 Å². The number of imidazole rings is 2. The molecule has 4 heterocycles. The first-order valence-corrected chi connectivity index (χ1v) is 19.0. The minimum atomic E-state index is -0.728. The summed E-state index contributed by atoms with van der Waals surface area (Å²) in [6.45, 7) is 8.65. The van der Waals surface area contributed by atoms with Crippen LogP contribution in [-0.2, 0) is 19.1 Å². The minimum absolute atomic E-state index is 0.123. The molecule has 2 aliphatic heterocycles. The van der Waals surface area contributed by atoms with E-state index < -0.39 is 24.3 Å². The molecular weight excluding hydrogens is 717 g/mol. The van der Waals surface area contributed by atoms with E-state index in [1.807, 2.05) is 70.3 Å². The first kappa shape index (κ1) is 39.6. The molecule has 298 valence electrons. The highest BCUT2D eigenvalue weighted by molar-refractivity contribution is 5.93. The van der Waals surface area contributed by atoms with Crippen molar-refractivity contribution in [3.63, 3.8) is 0 Å². The Labute approximate surface area is 326 Å². The lowest BCUT2D eigenvalue weighted by atomic mass is 9.97. The van der Waals surface area contributed by atoms with Crippen LogP contribution in [0, 0.1) is 11.8 Å². The fraction of sp³-hybridized carbons (Fsp3) is 0.450. The molecule has 2 aliphatic rings. The van der Waals surface area contributed by atoms with Crippen molar-refractivity contribution in [1.29, 1.82) is 0 Å². The quantitative estimate of drug-likeness (QED) is 0.107. The zero-order chi connectivity index (χ0) is 40.3. The van der Waals surface area contributed by atoms with E-state index in [0.29, 0.717) is 47.4 Å². The Hall–Kier alpha value is -6.06. The maximum absolute atomic E-state index is 13.6. The van der Waals surface area contributed by atoms with Gasteiger partial charge in [-0.3, -0.25) is 9.59 Å². The van der Waals surface area contributed by atoms with E-state index in [0.717, 1.165) is 48.1 Å². The van der Waals surface area contributed by atoms with Gasteiger partial charge in [0.15, 0.2) is 0 Å².